The first kappa shape index (κ1) is 14.0. The summed E-state index contributed by atoms with van der Waals surface area (Å²) in [5.74, 6) is -2.58. The van der Waals surface area contributed by atoms with Gasteiger partial charge >= 0.3 is 5.97 Å². The molecule has 0 saturated heterocycles. The van der Waals surface area contributed by atoms with Crippen LogP contribution < -0.4 is 9.47 Å². The Labute approximate surface area is 121 Å². The van der Waals surface area contributed by atoms with Gasteiger partial charge in [0.25, 0.3) is 0 Å². The monoisotopic (exact) mass is 296 g/mol. The maximum Gasteiger partial charge on any atom is 0.314 e. The normalized spacial score (nSPS) is 20.0. The lowest BCUT2D eigenvalue weighted by atomic mass is 9.69. The van der Waals surface area contributed by atoms with Crippen molar-refractivity contribution in [2.45, 2.75) is 37.5 Å². The summed E-state index contributed by atoms with van der Waals surface area (Å²) in [6.45, 7) is 0.476. The Morgan fingerprint density at radius 2 is 1.86 bits per heavy atom. The summed E-state index contributed by atoms with van der Waals surface area (Å²) in [6, 6.07) is 1.42. The molecular formula is C15H17FO5. The number of carboxylic acids is 1. The molecule has 3 rings (SSSR count). The summed E-state index contributed by atoms with van der Waals surface area (Å²) in [4.78, 5) is 11.8. The zero-order valence-electron chi connectivity index (χ0n) is 11.5. The standard InChI is InChI=1S/C15H17FO5/c16-11-12(17)9(8-10-13(11)21-7-6-20-10)15(14(18)19)4-2-1-3-5-15/h8,17H,1-7H2,(H,18,19). The van der Waals surface area contributed by atoms with E-state index in [4.69, 9.17) is 9.47 Å². The number of carboxylic acid groups (broad SMARTS) is 1. The van der Waals surface area contributed by atoms with E-state index in [0.29, 0.717) is 12.8 Å². The minimum atomic E-state index is -1.25. The number of carbonyl (C=O) groups is 1. The summed E-state index contributed by atoms with van der Waals surface area (Å²) < 4.78 is 24.8. The summed E-state index contributed by atoms with van der Waals surface area (Å²) >= 11 is 0. The molecule has 6 heteroatoms. The van der Waals surface area contributed by atoms with Crippen LogP contribution in [0.3, 0.4) is 0 Å². The van der Waals surface area contributed by atoms with E-state index in [9.17, 15) is 19.4 Å². The minimum Gasteiger partial charge on any atom is -0.504 e. The van der Waals surface area contributed by atoms with Crippen LogP contribution in [0, 0.1) is 5.82 Å². The van der Waals surface area contributed by atoms with Gasteiger partial charge in [-0.2, -0.15) is 4.39 Å². The number of hydrogen-bond acceptors (Lipinski definition) is 4. The van der Waals surface area contributed by atoms with Crippen LogP contribution in [0.15, 0.2) is 6.07 Å². The zero-order valence-corrected chi connectivity index (χ0v) is 11.5. The lowest BCUT2D eigenvalue weighted by Gasteiger charge is -2.35. The second-order valence-electron chi connectivity index (χ2n) is 5.56. The fraction of sp³-hybridized carbons (Fsp3) is 0.533. The molecule has 1 heterocycles. The van der Waals surface area contributed by atoms with Crippen LogP contribution in [0.1, 0.15) is 37.7 Å². The molecule has 0 bridgehead atoms. The van der Waals surface area contributed by atoms with Crippen LogP contribution in [-0.2, 0) is 10.2 Å². The molecule has 0 atom stereocenters. The van der Waals surface area contributed by atoms with Crippen molar-refractivity contribution in [3.05, 3.63) is 17.4 Å². The van der Waals surface area contributed by atoms with Gasteiger partial charge in [0.2, 0.25) is 11.6 Å². The number of ether oxygens (including phenoxy) is 2. The summed E-state index contributed by atoms with van der Waals surface area (Å²) in [5.41, 5.74) is -1.16. The quantitative estimate of drug-likeness (QED) is 0.877. The number of benzene rings is 1. The number of aromatic hydroxyl groups is 1. The highest BCUT2D eigenvalue weighted by atomic mass is 19.1. The minimum absolute atomic E-state index is 0.0939. The molecule has 5 nitrogen and oxygen atoms in total. The molecule has 1 aliphatic heterocycles. The van der Waals surface area contributed by atoms with Crippen LogP contribution in [0.25, 0.3) is 0 Å². The number of aliphatic carboxylic acids is 1. The second kappa shape index (κ2) is 5.09. The fourth-order valence-corrected chi connectivity index (χ4v) is 3.25. The molecule has 0 radical (unpaired) electrons. The highest BCUT2D eigenvalue weighted by Gasteiger charge is 2.45. The van der Waals surface area contributed by atoms with Crippen LogP contribution in [0.5, 0.6) is 17.2 Å². The number of hydrogen-bond donors (Lipinski definition) is 2. The van der Waals surface area contributed by atoms with Crippen LogP contribution in [0.4, 0.5) is 4.39 Å². The Hall–Kier alpha value is -1.98. The molecule has 1 saturated carbocycles. The first-order chi connectivity index (χ1) is 10.1. The van der Waals surface area contributed by atoms with Crippen LogP contribution >= 0.6 is 0 Å². The van der Waals surface area contributed by atoms with E-state index in [1.807, 2.05) is 0 Å². The van der Waals surface area contributed by atoms with Crippen molar-refractivity contribution in [3.63, 3.8) is 0 Å². The van der Waals surface area contributed by atoms with E-state index in [2.05, 4.69) is 0 Å². The molecule has 1 fully saturated rings. The summed E-state index contributed by atoms with van der Waals surface area (Å²) in [5, 5.41) is 19.8. The van der Waals surface area contributed by atoms with E-state index in [-0.39, 0.29) is 30.3 Å². The van der Waals surface area contributed by atoms with E-state index in [1.54, 1.807) is 0 Å². The third-order valence-electron chi connectivity index (χ3n) is 4.38. The van der Waals surface area contributed by atoms with Gasteiger partial charge in [0.05, 0.1) is 5.41 Å². The van der Waals surface area contributed by atoms with Gasteiger partial charge in [-0.05, 0) is 18.9 Å². The molecule has 0 spiro atoms. The third kappa shape index (κ3) is 2.09. The maximum absolute atomic E-state index is 14.3. The van der Waals surface area contributed by atoms with Crippen molar-refractivity contribution in [2.75, 3.05) is 13.2 Å². The molecular weight excluding hydrogens is 279 g/mol. The molecule has 0 amide bonds. The number of halogens is 1. The Morgan fingerprint density at radius 3 is 2.52 bits per heavy atom. The van der Waals surface area contributed by atoms with Crippen molar-refractivity contribution >= 4 is 5.97 Å². The lowest BCUT2D eigenvalue weighted by molar-refractivity contribution is -0.145. The molecule has 2 aliphatic rings. The van der Waals surface area contributed by atoms with Crippen molar-refractivity contribution in [3.8, 4) is 17.2 Å². The molecule has 1 aliphatic carbocycles. The average Bonchev–Trinajstić information content (AvgIpc) is 2.51. The molecule has 21 heavy (non-hydrogen) atoms. The maximum atomic E-state index is 14.3. The van der Waals surface area contributed by atoms with Crippen LogP contribution in [-0.4, -0.2) is 29.4 Å². The Bertz CT molecular complexity index is 578. The molecule has 0 aromatic heterocycles. The SMILES string of the molecule is O=C(O)C1(c2cc3c(c(F)c2O)OCCO3)CCCCC1. The molecule has 2 N–H and O–H groups in total. The summed E-state index contributed by atoms with van der Waals surface area (Å²) in [6.07, 6.45) is 3.19. The van der Waals surface area contributed by atoms with E-state index >= 15 is 0 Å². The first-order valence-corrected chi connectivity index (χ1v) is 7.11. The number of rotatable bonds is 2. The van der Waals surface area contributed by atoms with Gasteiger partial charge in [-0.3, -0.25) is 4.79 Å². The van der Waals surface area contributed by atoms with Gasteiger partial charge in [-0.1, -0.05) is 19.3 Å². The van der Waals surface area contributed by atoms with Gasteiger partial charge in [-0.25, -0.2) is 0 Å². The smallest absolute Gasteiger partial charge is 0.314 e. The average molecular weight is 296 g/mol. The Morgan fingerprint density at radius 1 is 1.19 bits per heavy atom. The summed E-state index contributed by atoms with van der Waals surface area (Å²) in [7, 11) is 0. The number of fused-ring (bicyclic) bond motifs is 1. The topological polar surface area (TPSA) is 76.0 Å². The van der Waals surface area contributed by atoms with Gasteiger partial charge in [0.1, 0.15) is 13.2 Å². The van der Waals surface area contributed by atoms with E-state index in [0.717, 1.165) is 19.3 Å². The number of phenolic OH excluding ortho intramolecular Hbond substituents is 1. The Kier molecular flexibility index (Phi) is 3.39. The van der Waals surface area contributed by atoms with Gasteiger partial charge in [0.15, 0.2) is 11.5 Å². The molecule has 1 aromatic carbocycles. The van der Waals surface area contributed by atoms with Gasteiger partial charge < -0.3 is 19.7 Å². The van der Waals surface area contributed by atoms with Crippen molar-refractivity contribution in [2.24, 2.45) is 0 Å². The van der Waals surface area contributed by atoms with E-state index in [1.165, 1.54) is 6.07 Å². The fourth-order valence-electron chi connectivity index (χ4n) is 3.25. The highest BCUT2D eigenvalue weighted by Crippen LogP contribution is 2.49. The van der Waals surface area contributed by atoms with E-state index < -0.39 is 23.0 Å². The molecule has 1 aromatic rings. The first-order valence-electron chi connectivity index (χ1n) is 7.11. The lowest BCUT2D eigenvalue weighted by Crippen LogP contribution is -2.38. The third-order valence-corrected chi connectivity index (χ3v) is 4.38. The predicted molar refractivity (Wildman–Crippen MR) is 71.5 cm³/mol. The second-order valence-corrected chi connectivity index (χ2v) is 5.56. The zero-order chi connectivity index (χ0) is 15.0. The highest BCUT2D eigenvalue weighted by molar-refractivity contribution is 5.83. The predicted octanol–water partition coefficient (Wildman–Crippen LogP) is 2.59. The van der Waals surface area contributed by atoms with Gasteiger partial charge in [-0.15, -0.1) is 0 Å². The van der Waals surface area contributed by atoms with Gasteiger partial charge in [0, 0.05) is 5.56 Å². The molecule has 114 valence electrons. The Balaban J connectivity index is 2.16. The van der Waals surface area contributed by atoms with Crippen molar-refractivity contribution < 1.29 is 28.9 Å². The largest absolute Gasteiger partial charge is 0.504 e. The number of phenols is 1. The van der Waals surface area contributed by atoms with Crippen molar-refractivity contribution in [1.82, 2.24) is 0 Å². The molecule has 0 unspecified atom stereocenters. The van der Waals surface area contributed by atoms with Crippen LogP contribution in [0.2, 0.25) is 0 Å². The van der Waals surface area contributed by atoms with Crippen molar-refractivity contribution in [1.29, 1.82) is 0 Å².